The van der Waals surface area contributed by atoms with E-state index in [1.54, 1.807) is 24.8 Å². The first-order valence-corrected chi connectivity index (χ1v) is 9.07. The van der Waals surface area contributed by atoms with Gasteiger partial charge in [-0.25, -0.2) is 13.1 Å². The summed E-state index contributed by atoms with van der Waals surface area (Å²) in [6.07, 6.45) is 0.894. The summed E-state index contributed by atoms with van der Waals surface area (Å²) in [6, 6.07) is 1.66. The van der Waals surface area contributed by atoms with Crippen molar-refractivity contribution in [2.45, 2.75) is 37.8 Å². The minimum atomic E-state index is -3.46. The topological polar surface area (TPSA) is 71.3 Å². The lowest BCUT2D eigenvalue weighted by Gasteiger charge is -2.10. The van der Waals surface area contributed by atoms with E-state index in [1.807, 2.05) is 6.92 Å². The maximum atomic E-state index is 12.3. The van der Waals surface area contributed by atoms with Gasteiger partial charge in [-0.05, 0) is 25.6 Å². The molecule has 108 valence electrons. The van der Waals surface area contributed by atoms with Crippen molar-refractivity contribution in [1.82, 2.24) is 10.0 Å². The number of hydrogen-bond acceptors (Lipinski definition) is 5. The molecule has 7 heteroatoms. The molecule has 1 fully saturated rings. The lowest BCUT2D eigenvalue weighted by atomic mass is 10.3. The maximum Gasteiger partial charge on any atom is 0.244 e. The third-order valence-electron chi connectivity index (χ3n) is 3.01. The van der Waals surface area contributed by atoms with Gasteiger partial charge in [0, 0.05) is 17.9 Å². The van der Waals surface area contributed by atoms with Crippen LogP contribution in [0.25, 0.3) is 0 Å². The van der Waals surface area contributed by atoms with Crippen molar-refractivity contribution >= 4 is 21.8 Å². The zero-order valence-electron chi connectivity index (χ0n) is 11.2. The number of nitrogens with one attached hydrogen (secondary N) is 2. The van der Waals surface area contributed by atoms with Gasteiger partial charge in [-0.15, -0.1) is 0 Å². The van der Waals surface area contributed by atoms with Gasteiger partial charge in [0.1, 0.15) is 16.4 Å². The van der Waals surface area contributed by atoms with E-state index in [4.69, 9.17) is 4.42 Å². The molecule has 1 aromatic rings. The SMILES string of the molecule is CCNCc1cc(S(=O)(=O)NC2CCSC2)c(C)o1. The minimum Gasteiger partial charge on any atom is -0.464 e. The summed E-state index contributed by atoms with van der Waals surface area (Å²) in [5, 5.41) is 3.12. The smallest absolute Gasteiger partial charge is 0.244 e. The second-order valence-corrected chi connectivity index (χ2v) is 7.43. The summed E-state index contributed by atoms with van der Waals surface area (Å²) >= 11 is 1.78. The highest BCUT2D eigenvalue weighted by Gasteiger charge is 2.26. The third-order valence-corrected chi connectivity index (χ3v) is 5.80. The van der Waals surface area contributed by atoms with Gasteiger partial charge in [0.15, 0.2) is 0 Å². The van der Waals surface area contributed by atoms with Crippen molar-refractivity contribution in [2.75, 3.05) is 18.1 Å². The summed E-state index contributed by atoms with van der Waals surface area (Å²) in [5.74, 6) is 2.97. The molecule has 0 aromatic carbocycles. The van der Waals surface area contributed by atoms with Crippen molar-refractivity contribution in [3.05, 3.63) is 17.6 Å². The van der Waals surface area contributed by atoms with Crippen LogP contribution in [0.5, 0.6) is 0 Å². The first kappa shape index (κ1) is 14.9. The molecule has 0 saturated carbocycles. The summed E-state index contributed by atoms with van der Waals surface area (Å²) in [4.78, 5) is 0.261. The van der Waals surface area contributed by atoms with Crippen molar-refractivity contribution in [3.8, 4) is 0 Å². The fourth-order valence-electron chi connectivity index (χ4n) is 2.04. The molecule has 5 nitrogen and oxygen atoms in total. The molecule has 0 spiro atoms. The van der Waals surface area contributed by atoms with Crippen molar-refractivity contribution < 1.29 is 12.8 Å². The van der Waals surface area contributed by atoms with Crippen LogP contribution in [0.4, 0.5) is 0 Å². The van der Waals surface area contributed by atoms with Gasteiger partial charge in [0.05, 0.1) is 6.54 Å². The molecule has 0 bridgehead atoms. The molecule has 1 saturated heterocycles. The normalized spacial score (nSPS) is 20.0. The highest BCUT2D eigenvalue weighted by Crippen LogP contribution is 2.23. The summed E-state index contributed by atoms with van der Waals surface area (Å²) in [6.45, 7) is 5.05. The average molecular weight is 304 g/mol. The maximum absolute atomic E-state index is 12.3. The predicted molar refractivity (Wildman–Crippen MR) is 76.9 cm³/mol. The fourth-order valence-corrected chi connectivity index (χ4v) is 4.77. The molecular formula is C12H20N2O3S2. The lowest BCUT2D eigenvalue weighted by Crippen LogP contribution is -2.34. The number of aryl methyl sites for hydroxylation is 1. The number of thioether (sulfide) groups is 1. The van der Waals surface area contributed by atoms with E-state index in [2.05, 4.69) is 10.0 Å². The van der Waals surface area contributed by atoms with Crippen LogP contribution in [0.3, 0.4) is 0 Å². The Morgan fingerprint density at radius 3 is 2.95 bits per heavy atom. The van der Waals surface area contributed by atoms with Crippen LogP contribution in [0, 0.1) is 6.92 Å². The molecule has 1 aliphatic heterocycles. The molecule has 1 aromatic heterocycles. The second kappa shape index (κ2) is 6.30. The van der Waals surface area contributed by atoms with Crippen molar-refractivity contribution in [1.29, 1.82) is 0 Å². The van der Waals surface area contributed by atoms with Gasteiger partial charge < -0.3 is 9.73 Å². The molecule has 1 atom stereocenters. The number of rotatable bonds is 6. The highest BCUT2D eigenvalue weighted by molar-refractivity contribution is 7.99. The largest absolute Gasteiger partial charge is 0.464 e. The predicted octanol–water partition coefficient (Wildman–Crippen LogP) is 1.48. The molecule has 2 rings (SSSR count). The molecule has 19 heavy (non-hydrogen) atoms. The second-order valence-electron chi connectivity index (χ2n) is 4.60. The van der Waals surface area contributed by atoms with Crippen LogP contribution in [0.2, 0.25) is 0 Å². The zero-order valence-corrected chi connectivity index (χ0v) is 12.9. The summed E-state index contributed by atoms with van der Waals surface area (Å²) in [7, 11) is -3.46. The van der Waals surface area contributed by atoms with Crippen LogP contribution < -0.4 is 10.0 Å². The Hall–Kier alpha value is -0.500. The number of hydrogen-bond donors (Lipinski definition) is 2. The summed E-state index contributed by atoms with van der Waals surface area (Å²) in [5.41, 5.74) is 0. The molecule has 0 amide bonds. The standard InChI is InChI=1S/C12H20N2O3S2/c1-3-13-7-11-6-12(9(2)17-11)19(15,16)14-10-4-5-18-8-10/h6,10,13-14H,3-5,7-8H2,1-2H3. The van der Waals surface area contributed by atoms with Crippen LogP contribution in [-0.2, 0) is 16.6 Å². The van der Waals surface area contributed by atoms with Gasteiger partial charge in [-0.2, -0.15) is 11.8 Å². The molecule has 1 unspecified atom stereocenters. The molecule has 1 aliphatic rings. The first-order chi connectivity index (χ1) is 9.03. The van der Waals surface area contributed by atoms with E-state index in [0.717, 1.165) is 24.5 Å². The van der Waals surface area contributed by atoms with Gasteiger partial charge in [-0.1, -0.05) is 6.92 Å². The monoisotopic (exact) mass is 304 g/mol. The molecule has 2 N–H and O–H groups in total. The number of sulfonamides is 1. The quantitative estimate of drug-likeness (QED) is 0.833. The van der Waals surface area contributed by atoms with Gasteiger partial charge in [0.25, 0.3) is 0 Å². The zero-order chi connectivity index (χ0) is 13.9. The van der Waals surface area contributed by atoms with Crippen LogP contribution in [0.15, 0.2) is 15.4 Å². The fraction of sp³-hybridized carbons (Fsp3) is 0.667. The van der Waals surface area contributed by atoms with Crippen LogP contribution in [-0.4, -0.2) is 32.5 Å². The molecule has 0 radical (unpaired) electrons. The lowest BCUT2D eigenvalue weighted by molar-refractivity contribution is 0.460. The van der Waals surface area contributed by atoms with E-state index in [0.29, 0.717) is 18.1 Å². The Morgan fingerprint density at radius 1 is 1.53 bits per heavy atom. The Labute approximate surface area is 118 Å². The van der Waals surface area contributed by atoms with Crippen LogP contribution >= 0.6 is 11.8 Å². The Balaban J connectivity index is 2.12. The van der Waals surface area contributed by atoms with E-state index in [-0.39, 0.29) is 10.9 Å². The van der Waals surface area contributed by atoms with Gasteiger partial charge >= 0.3 is 0 Å². The summed E-state index contributed by atoms with van der Waals surface area (Å²) < 4.78 is 32.8. The average Bonchev–Trinajstić information content (AvgIpc) is 2.95. The number of furan rings is 1. The van der Waals surface area contributed by atoms with Gasteiger partial charge in [-0.3, -0.25) is 0 Å². The Bertz CT molecular complexity index is 519. The molecule has 0 aliphatic carbocycles. The highest BCUT2D eigenvalue weighted by atomic mass is 32.2. The Kier molecular flexibility index (Phi) is 4.94. The van der Waals surface area contributed by atoms with E-state index in [9.17, 15) is 8.42 Å². The van der Waals surface area contributed by atoms with Crippen LogP contribution in [0.1, 0.15) is 24.9 Å². The van der Waals surface area contributed by atoms with Gasteiger partial charge in [0.2, 0.25) is 10.0 Å². The minimum absolute atomic E-state index is 0.0431. The van der Waals surface area contributed by atoms with Crippen molar-refractivity contribution in [2.24, 2.45) is 0 Å². The molecular weight excluding hydrogens is 284 g/mol. The van der Waals surface area contributed by atoms with Crippen molar-refractivity contribution in [3.63, 3.8) is 0 Å². The van der Waals surface area contributed by atoms with E-state index >= 15 is 0 Å². The van der Waals surface area contributed by atoms with E-state index < -0.39 is 10.0 Å². The third kappa shape index (κ3) is 3.75. The first-order valence-electron chi connectivity index (χ1n) is 6.43. The van der Waals surface area contributed by atoms with E-state index in [1.165, 1.54) is 0 Å². The molecule has 2 heterocycles. The Morgan fingerprint density at radius 2 is 2.32 bits per heavy atom.